The van der Waals surface area contributed by atoms with Gasteiger partial charge in [-0.25, -0.2) is 4.98 Å². The Kier molecular flexibility index (Phi) is 5.29. The molecule has 1 saturated heterocycles. The van der Waals surface area contributed by atoms with Crippen molar-refractivity contribution in [3.8, 4) is 10.8 Å². The van der Waals surface area contributed by atoms with Gasteiger partial charge in [0.1, 0.15) is 0 Å². The van der Waals surface area contributed by atoms with Crippen molar-refractivity contribution < 1.29 is 14.0 Å². The molecule has 0 bridgehead atoms. The third-order valence-corrected chi connectivity index (χ3v) is 7.17. The van der Waals surface area contributed by atoms with Gasteiger partial charge in [0, 0.05) is 32.1 Å². The molecule has 0 spiro atoms. The van der Waals surface area contributed by atoms with Crippen LogP contribution in [-0.4, -0.2) is 52.8 Å². The van der Waals surface area contributed by atoms with E-state index >= 15 is 0 Å². The Balaban J connectivity index is 1.26. The monoisotopic (exact) mass is 423 g/mol. The first-order valence-corrected chi connectivity index (χ1v) is 11.5. The summed E-state index contributed by atoms with van der Waals surface area (Å²) in [4.78, 5) is 34.1. The molecule has 156 valence electrons. The van der Waals surface area contributed by atoms with Gasteiger partial charge in [0.25, 0.3) is 5.91 Å². The first kappa shape index (κ1) is 19.3. The molecule has 30 heavy (non-hydrogen) atoms. The second kappa shape index (κ2) is 8.22. The van der Waals surface area contributed by atoms with Gasteiger partial charge < -0.3 is 14.2 Å². The van der Waals surface area contributed by atoms with Gasteiger partial charge in [-0.15, -0.1) is 11.3 Å². The highest BCUT2D eigenvalue weighted by atomic mass is 32.1. The minimum absolute atomic E-state index is 0.113. The van der Waals surface area contributed by atoms with Crippen LogP contribution in [0.4, 0.5) is 0 Å². The Morgan fingerprint density at radius 3 is 2.53 bits per heavy atom. The number of hydrogen-bond acceptors (Lipinski definition) is 5. The van der Waals surface area contributed by atoms with Crippen LogP contribution in [0.3, 0.4) is 0 Å². The summed E-state index contributed by atoms with van der Waals surface area (Å²) in [5, 5.41) is 0.777. The lowest BCUT2D eigenvalue weighted by molar-refractivity contribution is -0.135. The largest absolute Gasteiger partial charge is 0.448 e. The molecule has 6 nitrogen and oxygen atoms in total. The number of nitrogens with zero attached hydrogens (tertiary/aromatic N) is 3. The quantitative estimate of drug-likeness (QED) is 0.625. The lowest BCUT2D eigenvalue weighted by atomic mass is 10.1. The summed E-state index contributed by atoms with van der Waals surface area (Å²) >= 11 is 1.56. The third kappa shape index (κ3) is 3.74. The number of carbonyl (C=O) groups is 2. The molecule has 3 aromatic rings. The van der Waals surface area contributed by atoms with E-state index < -0.39 is 0 Å². The molecular formula is C23H25N3O3S. The maximum atomic E-state index is 13.0. The predicted octanol–water partition coefficient (Wildman–Crippen LogP) is 4.42. The highest BCUT2D eigenvalue weighted by Crippen LogP contribution is 2.31. The summed E-state index contributed by atoms with van der Waals surface area (Å²) in [6.45, 7) is 2.53. The molecule has 0 atom stereocenters. The van der Waals surface area contributed by atoms with Crippen LogP contribution >= 0.6 is 11.3 Å². The minimum Gasteiger partial charge on any atom is -0.448 e. The van der Waals surface area contributed by atoms with Crippen molar-refractivity contribution in [1.82, 2.24) is 14.8 Å². The van der Waals surface area contributed by atoms with E-state index in [4.69, 9.17) is 4.42 Å². The van der Waals surface area contributed by atoms with Crippen LogP contribution in [0.25, 0.3) is 21.0 Å². The van der Waals surface area contributed by atoms with Crippen LogP contribution in [0.5, 0.6) is 0 Å². The van der Waals surface area contributed by atoms with Gasteiger partial charge in [-0.1, -0.05) is 25.0 Å². The van der Waals surface area contributed by atoms with Gasteiger partial charge in [0.2, 0.25) is 5.91 Å². The van der Waals surface area contributed by atoms with Crippen molar-refractivity contribution in [1.29, 1.82) is 0 Å². The van der Waals surface area contributed by atoms with E-state index in [9.17, 15) is 9.59 Å². The lowest BCUT2D eigenvalue weighted by Gasteiger charge is -2.24. The van der Waals surface area contributed by atoms with Gasteiger partial charge >= 0.3 is 0 Å². The first-order valence-electron chi connectivity index (χ1n) is 10.7. The molecule has 5 rings (SSSR count). The number of para-hydroxylation sites is 1. The van der Waals surface area contributed by atoms with Gasteiger partial charge in [0.05, 0.1) is 10.2 Å². The highest BCUT2D eigenvalue weighted by Gasteiger charge is 2.30. The Bertz CT molecular complexity index is 1030. The van der Waals surface area contributed by atoms with Crippen molar-refractivity contribution in [3.63, 3.8) is 0 Å². The van der Waals surface area contributed by atoms with Crippen LogP contribution in [0.2, 0.25) is 0 Å². The topological polar surface area (TPSA) is 66.7 Å². The molecule has 0 unspecified atom stereocenters. The fourth-order valence-corrected chi connectivity index (χ4v) is 5.40. The van der Waals surface area contributed by atoms with Crippen LogP contribution in [0.15, 0.2) is 40.8 Å². The molecular weight excluding hydrogens is 398 g/mol. The summed E-state index contributed by atoms with van der Waals surface area (Å²) in [5.74, 6) is 1.30. The number of furan rings is 1. The highest BCUT2D eigenvalue weighted by molar-refractivity contribution is 7.21. The van der Waals surface area contributed by atoms with E-state index in [2.05, 4.69) is 4.98 Å². The molecule has 1 saturated carbocycles. The molecule has 3 heterocycles. The van der Waals surface area contributed by atoms with E-state index in [0.29, 0.717) is 31.2 Å². The Labute approximate surface area is 179 Å². The molecule has 2 fully saturated rings. The number of amides is 2. The standard InChI is InChI=1S/C23H25N3O3S/c27-22(16-6-1-2-7-16)25-12-5-13-26(15-14-25)23(28)19-11-10-18(29-19)21-24-17-8-3-4-9-20(17)30-21/h3-4,8-11,16H,1-2,5-7,12-15H2. The molecule has 0 N–H and O–H groups in total. The number of hydrogen-bond donors (Lipinski definition) is 0. The second-order valence-corrected chi connectivity index (χ2v) is 9.13. The van der Waals surface area contributed by atoms with Gasteiger partial charge in [0.15, 0.2) is 16.5 Å². The summed E-state index contributed by atoms with van der Waals surface area (Å²) in [7, 11) is 0. The van der Waals surface area contributed by atoms with E-state index in [-0.39, 0.29) is 17.7 Å². The number of aromatic nitrogens is 1. The lowest BCUT2D eigenvalue weighted by Crippen LogP contribution is -2.39. The van der Waals surface area contributed by atoms with E-state index in [0.717, 1.165) is 53.9 Å². The van der Waals surface area contributed by atoms with Crippen molar-refractivity contribution >= 4 is 33.4 Å². The minimum atomic E-state index is -0.113. The fraction of sp³-hybridized carbons (Fsp3) is 0.435. The molecule has 2 aliphatic rings. The number of carbonyl (C=O) groups excluding carboxylic acids is 2. The summed E-state index contributed by atoms with van der Waals surface area (Å²) < 4.78 is 6.98. The maximum absolute atomic E-state index is 13.0. The van der Waals surface area contributed by atoms with E-state index in [1.807, 2.05) is 40.1 Å². The molecule has 2 aromatic heterocycles. The fourth-order valence-electron chi connectivity index (χ4n) is 4.47. The zero-order valence-electron chi connectivity index (χ0n) is 16.9. The Morgan fingerprint density at radius 2 is 1.70 bits per heavy atom. The number of benzene rings is 1. The van der Waals surface area contributed by atoms with Crippen molar-refractivity contribution in [3.05, 3.63) is 42.2 Å². The van der Waals surface area contributed by atoms with Crippen molar-refractivity contribution in [2.75, 3.05) is 26.2 Å². The summed E-state index contributed by atoms with van der Waals surface area (Å²) in [5.41, 5.74) is 0.932. The normalized spacial score (nSPS) is 18.1. The Morgan fingerprint density at radius 1 is 0.933 bits per heavy atom. The average Bonchev–Trinajstić information content (AvgIpc) is 3.50. The third-order valence-electron chi connectivity index (χ3n) is 6.12. The number of rotatable bonds is 3. The van der Waals surface area contributed by atoms with Crippen LogP contribution in [0.1, 0.15) is 42.7 Å². The summed E-state index contributed by atoms with van der Waals surface area (Å²) in [6, 6.07) is 11.5. The molecule has 0 radical (unpaired) electrons. The molecule has 2 amide bonds. The van der Waals surface area contributed by atoms with E-state index in [1.165, 1.54) is 0 Å². The zero-order chi connectivity index (χ0) is 20.5. The molecule has 1 aliphatic carbocycles. The first-order chi connectivity index (χ1) is 14.7. The van der Waals surface area contributed by atoms with Gasteiger partial charge in [-0.3, -0.25) is 9.59 Å². The Hall–Kier alpha value is -2.67. The van der Waals surface area contributed by atoms with Crippen LogP contribution in [0, 0.1) is 5.92 Å². The number of fused-ring (bicyclic) bond motifs is 1. The number of thiazole rings is 1. The zero-order valence-corrected chi connectivity index (χ0v) is 17.7. The van der Waals surface area contributed by atoms with Crippen LogP contribution < -0.4 is 0 Å². The smallest absolute Gasteiger partial charge is 0.289 e. The van der Waals surface area contributed by atoms with Gasteiger partial charge in [-0.2, -0.15) is 0 Å². The molecule has 1 aromatic carbocycles. The summed E-state index contributed by atoms with van der Waals surface area (Å²) in [6.07, 6.45) is 5.14. The maximum Gasteiger partial charge on any atom is 0.289 e. The van der Waals surface area contributed by atoms with Crippen molar-refractivity contribution in [2.45, 2.75) is 32.1 Å². The molecule has 1 aliphatic heterocycles. The second-order valence-electron chi connectivity index (χ2n) is 8.10. The SMILES string of the molecule is O=C(c1ccc(-c2nc3ccccc3s2)o1)N1CCCN(C(=O)C2CCCC2)CC1. The van der Waals surface area contributed by atoms with E-state index in [1.54, 1.807) is 17.4 Å². The van der Waals surface area contributed by atoms with Crippen molar-refractivity contribution in [2.24, 2.45) is 5.92 Å². The van der Waals surface area contributed by atoms with Gasteiger partial charge in [-0.05, 0) is 43.5 Å². The van der Waals surface area contributed by atoms with Crippen LogP contribution in [-0.2, 0) is 4.79 Å². The average molecular weight is 424 g/mol. The predicted molar refractivity (Wildman–Crippen MR) is 116 cm³/mol. The molecule has 7 heteroatoms.